The molecule has 0 fully saturated rings. The summed E-state index contributed by atoms with van der Waals surface area (Å²) in [4.78, 5) is 30.5. The maximum Gasteiger partial charge on any atom is 0.412 e. The summed E-state index contributed by atoms with van der Waals surface area (Å²) in [6, 6.07) is 8.21. The van der Waals surface area contributed by atoms with Crippen molar-refractivity contribution in [1.82, 2.24) is 4.98 Å². The molecule has 162 valence electrons. The number of carbonyl (C=O) groups is 2. The van der Waals surface area contributed by atoms with Gasteiger partial charge in [-0.25, -0.2) is 9.59 Å². The molecular formula is C21H23N5O5. The molecule has 1 aromatic heterocycles. The van der Waals surface area contributed by atoms with Crippen LogP contribution >= 0.6 is 0 Å². The molecule has 0 saturated heterocycles. The Morgan fingerprint density at radius 1 is 1.23 bits per heavy atom. The van der Waals surface area contributed by atoms with Crippen molar-refractivity contribution in [3.8, 4) is 11.5 Å². The van der Waals surface area contributed by atoms with Gasteiger partial charge in [0.2, 0.25) is 0 Å². The first kappa shape index (κ1) is 23.2. The third-order valence-electron chi connectivity index (χ3n) is 3.47. The number of benzene rings is 1. The van der Waals surface area contributed by atoms with Gasteiger partial charge in [0.1, 0.15) is 22.8 Å². The van der Waals surface area contributed by atoms with E-state index in [-0.39, 0.29) is 12.3 Å². The van der Waals surface area contributed by atoms with Crippen LogP contribution in [-0.2, 0) is 14.3 Å². The van der Waals surface area contributed by atoms with Gasteiger partial charge in [-0.1, -0.05) is 5.11 Å². The van der Waals surface area contributed by atoms with Gasteiger partial charge in [0, 0.05) is 28.6 Å². The number of rotatable bonds is 7. The van der Waals surface area contributed by atoms with Gasteiger partial charge in [0.25, 0.3) is 0 Å². The number of anilines is 1. The number of hydrogen-bond acceptors (Lipinski definition) is 7. The molecule has 0 saturated carbocycles. The second-order valence-electron chi connectivity index (χ2n) is 7.11. The number of hydrogen-bond donors (Lipinski definition) is 1. The number of esters is 1. The lowest BCUT2D eigenvalue weighted by Crippen LogP contribution is -2.27. The van der Waals surface area contributed by atoms with Crippen LogP contribution in [-0.4, -0.2) is 29.3 Å². The summed E-state index contributed by atoms with van der Waals surface area (Å²) in [5.41, 5.74) is 8.83. The summed E-state index contributed by atoms with van der Waals surface area (Å²) >= 11 is 0. The first-order valence-corrected chi connectivity index (χ1v) is 9.37. The van der Waals surface area contributed by atoms with E-state index >= 15 is 0 Å². The van der Waals surface area contributed by atoms with Crippen molar-refractivity contribution < 1.29 is 23.8 Å². The monoisotopic (exact) mass is 425 g/mol. The van der Waals surface area contributed by atoms with Crippen LogP contribution in [0.2, 0.25) is 0 Å². The third kappa shape index (κ3) is 7.71. The van der Waals surface area contributed by atoms with E-state index in [0.29, 0.717) is 22.7 Å². The lowest BCUT2D eigenvalue weighted by Gasteiger charge is -2.19. The van der Waals surface area contributed by atoms with Crippen molar-refractivity contribution >= 4 is 23.8 Å². The molecule has 0 atom stereocenters. The number of azide groups is 1. The molecule has 0 bridgehead atoms. The van der Waals surface area contributed by atoms with Gasteiger partial charge >= 0.3 is 12.1 Å². The SMILES string of the molecule is CCOC(=O)C(=Cc1cnccc1Oc1ccc(NC(=O)OC(C)(C)C)cc1)N=[N+]=[N-]. The van der Waals surface area contributed by atoms with Crippen LogP contribution in [0.25, 0.3) is 16.5 Å². The quantitative estimate of drug-likeness (QED) is 0.206. The van der Waals surface area contributed by atoms with Crippen molar-refractivity contribution in [2.24, 2.45) is 5.11 Å². The van der Waals surface area contributed by atoms with Gasteiger partial charge in [-0.15, -0.1) is 0 Å². The number of pyridine rings is 1. The highest BCUT2D eigenvalue weighted by molar-refractivity contribution is 5.93. The van der Waals surface area contributed by atoms with Gasteiger partial charge in [-0.05, 0) is 69.6 Å². The van der Waals surface area contributed by atoms with E-state index in [9.17, 15) is 9.59 Å². The van der Waals surface area contributed by atoms with Gasteiger partial charge < -0.3 is 14.2 Å². The number of nitrogens with zero attached hydrogens (tertiary/aromatic N) is 4. The fourth-order valence-electron chi connectivity index (χ4n) is 2.28. The van der Waals surface area contributed by atoms with E-state index in [1.807, 2.05) is 0 Å². The molecule has 0 spiro atoms. The summed E-state index contributed by atoms with van der Waals surface area (Å²) in [6.45, 7) is 7.11. The maximum absolute atomic E-state index is 12.0. The molecule has 10 nitrogen and oxygen atoms in total. The predicted octanol–water partition coefficient (Wildman–Crippen LogP) is 5.44. The topological polar surface area (TPSA) is 136 Å². The number of carbonyl (C=O) groups excluding carboxylic acids is 2. The van der Waals surface area contributed by atoms with Gasteiger partial charge in [0.15, 0.2) is 0 Å². The van der Waals surface area contributed by atoms with Crippen LogP contribution in [0, 0.1) is 0 Å². The largest absolute Gasteiger partial charge is 0.462 e. The molecule has 1 aromatic carbocycles. The normalized spacial score (nSPS) is 11.2. The maximum atomic E-state index is 12.0. The van der Waals surface area contributed by atoms with E-state index in [1.165, 1.54) is 18.5 Å². The first-order valence-electron chi connectivity index (χ1n) is 9.37. The molecule has 0 unspecified atom stereocenters. The second kappa shape index (κ2) is 10.7. The van der Waals surface area contributed by atoms with Crippen LogP contribution < -0.4 is 10.1 Å². The zero-order valence-corrected chi connectivity index (χ0v) is 17.7. The summed E-state index contributed by atoms with van der Waals surface area (Å²) in [5.74, 6) is 0.0857. The van der Waals surface area contributed by atoms with Crippen LogP contribution in [0.15, 0.2) is 53.5 Å². The van der Waals surface area contributed by atoms with Crippen LogP contribution in [0.3, 0.4) is 0 Å². The van der Waals surface area contributed by atoms with Gasteiger partial charge in [-0.2, -0.15) is 0 Å². The molecule has 1 N–H and O–H groups in total. The highest BCUT2D eigenvalue weighted by Crippen LogP contribution is 2.28. The van der Waals surface area contributed by atoms with E-state index in [2.05, 4.69) is 20.3 Å². The summed E-state index contributed by atoms with van der Waals surface area (Å²) in [7, 11) is 0. The van der Waals surface area contributed by atoms with Crippen LogP contribution in [0.5, 0.6) is 11.5 Å². The average Bonchev–Trinajstić information content (AvgIpc) is 2.69. The number of nitrogens with one attached hydrogen (secondary N) is 1. The van der Waals surface area contributed by atoms with Crippen molar-refractivity contribution in [2.75, 3.05) is 11.9 Å². The third-order valence-corrected chi connectivity index (χ3v) is 3.47. The zero-order valence-electron chi connectivity index (χ0n) is 17.7. The minimum absolute atomic E-state index is 0.136. The Balaban J connectivity index is 2.19. The van der Waals surface area contributed by atoms with Crippen LogP contribution in [0.1, 0.15) is 33.3 Å². The summed E-state index contributed by atoms with van der Waals surface area (Å²) in [5, 5.41) is 6.01. The Labute approximate surface area is 179 Å². The minimum Gasteiger partial charge on any atom is -0.462 e. The Kier molecular flexibility index (Phi) is 7.99. The van der Waals surface area contributed by atoms with Crippen molar-refractivity contribution in [3.05, 3.63) is 64.4 Å². The molecule has 10 heteroatoms. The minimum atomic E-state index is -0.757. The first-order chi connectivity index (χ1) is 14.7. The smallest absolute Gasteiger partial charge is 0.412 e. The van der Waals surface area contributed by atoms with E-state index in [1.54, 1.807) is 58.0 Å². The Hall–Kier alpha value is -4.04. The zero-order chi connectivity index (χ0) is 22.9. The molecule has 2 rings (SSSR count). The Bertz CT molecular complexity index is 1010. The fourth-order valence-corrected chi connectivity index (χ4v) is 2.28. The Morgan fingerprint density at radius 3 is 2.55 bits per heavy atom. The molecule has 0 aliphatic carbocycles. The molecule has 2 aromatic rings. The predicted molar refractivity (Wildman–Crippen MR) is 114 cm³/mol. The van der Waals surface area contributed by atoms with Gasteiger partial charge in [0.05, 0.1) is 6.61 Å². The van der Waals surface area contributed by atoms with Crippen molar-refractivity contribution in [1.29, 1.82) is 0 Å². The fraction of sp³-hybridized carbons (Fsp3) is 0.286. The molecule has 0 aliphatic rings. The molecule has 1 heterocycles. The molecular weight excluding hydrogens is 402 g/mol. The van der Waals surface area contributed by atoms with Crippen molar-refractivity contribution in [3.63, 3.8) is 0 Å². The summed E-state index contributed by atoms with van der Waals surface area (Å²) < 4.78 is 15.9. The van der Waals surface area contributed by atoms with Crippen LogP contribution in [0.4, 0.5) is 10.5 Å². The van der Waals surface area contributed by atoms with E-state index in [4.69, 9.17) is 19.7 Å². The molecule has 0 radical (unpaired) electrons. The van der Waals surface area contributed by atoms with Crippen molar-refractivity contribution in [2.45, 2.75) is 33.3 Å². The lowest BCUT2D eigenvalue weighted by atomic mass is 10.2. The average molecular weight is 425 g/mol. The number of amides is 1. The number of ether oxygens (including phenoxy) is 3. The van der Waals surface area contributed by atoms with E-state index in [0.717, 1.165) is 0 Å². The van der Waals surface area contributed by atoms with Gasteiger partial charge in [-0.3, -0.25) is 10.3 Å². The number of aromatic nitrogens is 1. The van der Waals surface area contributed by atoms with E-state index < -0.39 is 17.7 Å². The molecule has 1 amide bonds. The molecule has 31 heavy (non-hydrogen) atoms. The molecule has 0 aliphatic heterocycles. The summed E-state index contributed by atoms with van der Waals surface area (Å²) in [6.07, 6.45) is 3.74. The standard InChI is InChI=1S/C21H23N5O5/c1-5-29-19(27)17(25-26-22)12-14-13-23-11-10-18(14)30-16-8-6-15(7-9-16)24-20(28)31-21(2,3)4/h6-13H,5H2,1-4H3,(H,24,28). The highest BCUT2D eigenvalue weighted by atomic mass is 16.6. The Morgan fingerprint density at radius 2 is 1.94 bits per heavy atom. The lowest BCUT2D eigenvalue weighted by molar-refractivity contribution is -0.138. The highest BCUT2D eigenvalue weighted by Gasteiger charge is 2.16. The second-order valence-corrected chi connectivity index (χ2v) is 7.11.